The zero-order valence-corrected chi connectivity index (χ0v) is 28.9. The fourth-order valence-electron chi connectivity index (χ4n) is 6.55. The first kappa shape index (κ1) is 32.1. The van der Waals surface area contributed by atoms with Crippen LogP contribution in [0.5, 0.6) is 0 Å². The lowest BCUT2D eigenvalue weighted by Crippen LogP contribution is -2.28. The van der Waals surface area contributed by atoms with Crippen molar-refractivity contribution < 1.29 is 0 Å². The molecule has 2 nitrogen and oxygen atoms in total. The molecule has 0 heterocycles. The van der Waals surface area contributed by atoms with Gasteiger partial charge in [0.25, 0.3) is 0 Å². The van der Waals surface area contributed by atoms with Gasteiger partial charge in [0.15, 0.2) is 0 Å². The third-order valence-electron chi connectivity index (χ3n) is 8.92. The van der Waals surface area contributed by atoms with Crippen molar-refractivity contribution in [1.29, 1.82) is 0 Å². The summed E-state index contributed by atoms with van der Waals surface area (Å²) in [6, 6.07) is 61.7. The van der Waals surface area contributed by atoms with Gasteiger partial charge in [0.1, 0.15) is 0 Å². The Labute approximate surface area is 287 Å². The lowest BCUT2D eigenvalue weighted by molar-refractivity contribution is 0.390. The van der Waals surface area contributed by atoms with Gasteiger partial charge >= 0.3 is 0 Å². The van der Waals surface area contributed by atoms with Gasteiger partial charge in [-0.25, -0.2) is 0 Å². The van der Waals surface area contributed by atoms with E-state index in [0.29, 0.717) is 0 Å². The van der Waals surface area contributed by atoms with Crippen LogP contribution in [0.15, 0.2) is 180 Å². The zero-order chi connectivity index (χ0) is 32.4. The molecule has 4 heteroatoms. The van der Waals surface area contributed by atoms with E-state index in [0.717, 1.165) is 12.8 Å². The Balaban J connectivity index is 1.19. The van der Waals surface area contributed by atoms with Crippen LogP contribution in [0.1, 0.15) is 36.8 Å². The number of aliphatic imine (C=N–C) groups is 2. The Bertz CT molecular complexity index is 1720. The van der Waals surface area contributed by atoms with Crippen LogP contribution < -0.4 is 31.8 Å². The van der Waals surface area contributed by atoms with E-state index in [9.17, 15) is 0 Å². The van der Waals surface area contributed by atoms with Crippen molar-refractivity contribution in [2.24, 2.45) is 9.98 Å². The maximum absolute atomic E-state index is 5.31. The van der Waals surface area contributed by atoms with E-state index in [4.69, 9.17) is 9.98 Å². The molecule has 0 spiro atoms. The molecule has 0 aromatic heterocycles. The molecule has 236 valence electrons. The molecule has 0 aliphatic heterocycles. The highest BCUT2D eigenvalue weighted by atomic mass is 31.1. The molecule has 2 unspecified atom stereocenters. The second-order valence-electron chi connectivity index (χ2n) is 12.1. The van der Waals surface area contributed by atoms with Crippen LogP contribution in [-0.2, 0) is 0 Å². The first-order valence-electron chi connectivity index (χ1n) is 16.9. The quantitative estimate of drug-likeness (QED) is 0.105. The Morgan fingerprint density at radius 2 is 0.667 bits per heavy atom. The summed E-state index contributed by atoms with van der Waals surface area (Å²) in [5, 5.41) is 8.09. The van der Waals surface area contributed by atoms with Gasteiger partial charge in [0.2, 0.25) is 0 Å². The minimum Gasteiger partial charge on any atom is -0.287 e. The molecule has 6 aromatic carbocycles. The largest absolute Gasteiger partial charge is 0.287 e. The second kappa shape index (κ2) is 16.1. The van der Waals surface area contributed by atoms with Crippen molar-refractivity contribution in [3.8, 4) is 0 Å². The van der Waals surface area contributed by atoms with Gasteiger partial charge in [0.05, 0.1) is 12.1 Å². The van der Waals surface area contributed by atoms with Gasteiger partial charge in [-0.1, -0.05) is 183 Å². The van der Waals surface area contributed by atoms with E-state index in [1.165, 1.54) is 55.8 Å². The van der Waals surface area contributed by atoms with Crippen LogP contribution in [0.4, 0.5) is 0 Å². The van der Waals surface area contributed by atoms with Gasteiger partial charge in [-0.15, -0.1) is 0 Å². The highest BCUT2D eigenvalue weighted by Crippen LogP contribution is 2.35. The highest BCUT2D eigenvalue weighted by molar-refractivity contribution is 7.80. The summed E-state index contributed by atoms with van der Waals surface area (Å²) in [5.41, 5.74) is 2.40. The summed E-state index contributed by atoms with van der Waals surface area (Å²) >= 11 is 0. The fraction of sp³-hybridized carbons (Fsp3) is 0.136. The van der Waals surface area contributed by atoms with Crippen LogP contribution in [0.3, 0.4) is 0 Å². The number of nitrogens with zero attached hydrogens (tertiary/aromatic N) is 2. The van der Waals surface area contributed by atoms with Crippen molar-refractivity contribution in [2.75, 3.05) is 0 Å². The summed E-state index contributed by atoms with van der Waals surface area (Å²) in [6.07, 6.45) is 8.81. The lowest BCUT2D eigenvalue weighted by atomic mass is 9.91. The highest BCUT2D eigenvalue weighted by Gasteiger charge is 2.25. The molecule has 1 aliphatic carbocycles. The molecule has 2 atom stereocenters. The van der Waals surface area contributed by atoms with Crippen molar-refractivity contribution in [3.05, 3.63) is 181 Å². The Morgan fingerprint density at radius 1 is 0.375 bits per heavy atom. The van der Waals surface area contributed by atoms with Crippen molar-refractivity contribution >= 4 is 60.1 Å². The topological polar surface area (TPSA) is 24.7 Å². The monoisotopic (exact) mass is 658 g/mol. The van der Waals surface area contributed by atoms with E-state index in [-0.39, 0.29) is 12.1 Å². The predicted octanol–water partition coefficient (Wildman–Crippen LogP) is 8.05. The molecule has 0 N–H and O–H groups in total. The van der Waals surface area contributed by atoms with Crippen molar-refractivity contribution in [3.63, 3.8) is 0 Å². The van der Waals surface area contributed by atoms with E-state index in [1.807, 2.05) is 0 Å². The van der Waals surface area contributed by atoms with E-state index in [1.54, 1.807) is 0 Å². The van der Waals surface area contributed by atoms with Crippen LogP contribution in [0.2, 0.25) is 0 Å². The molecular formula is C44H40N2P2. The Morgan fingerprint density at radius 3 is 1.00 bits per heavy atom. The SMILES string of the molecule is C(=N\C1CCCCC1/N=C/c1ccccc1P(c1ccccc1)c1ccccc1)/c1ccccc1P(c1ccccc1)c1ccccc1. The third-order valence-corrected chi connectivity index (χ3v) is 14.0. The van der Waals surface area contributed by atoms with Gasteiger partial charge in [0, 0.05) is 23.6 Å². The molecule has 0 radical (unpaired) electrons. The minimum atomic E-state index is -0.712. The summed E-state index contributed by atoms with van der Waals surface area (Å²) in [6.45, 7) is 0. The second-order valence-corrected chi connectivity index (χ2v) is 16.5. The zero-order valence-electron chi connectivity index (χ0n) is 27.1. The average Bonchev–Trinajstić information content (AvgIpc) is 3.16. The van der Waals surface area contributed by atoms with Crippen molar-refractivity contribution in [1.82, 2.24) is 0 Å². The standard InChI is InChI=1S/C44H40N2P2/c1-5-21-37(22-6-1)47(38-23-7-2-8-24-38)43-31-17-13-19-35(43)33-45-41-29-15-16-30-42(41)46-34-36-20-14-18-32-44(36)48(39-25-9-3-10-26-39)40-27-11-4-12-28-40/h1-14,17-28,31-34,41-42H,15-16,29-30H2/b45-33+,46-34+. The Hall–Kier alpha value is -4.48. The first-order valence-corrected chi connectivity index (χ1v) is 19.6. The molecule has 0 bridgehead atoms. The van der Waals surface area contributed by atoms with Gasteiger partial charge < -0.3 is 0 Å². The van der Waals surface area contributed by atoms with Gasteiger partial charge in [-0.05, 0) is 60.5 Å². The van der Waals surface area contributed by atoms with Crippen molar-refractivity contribution in [2.45, 2.75) is 37.8 Å². The van der Waals surface area contributed by atoms with Crippen LogP contribution in [0, 0.1) is 0 Å². The van der Waals surface area contributed by atoms with E-state index in [2.05, 4.69) is 182 Å². The van der Waals surface area contributed by atoms with Crippen LogP contribution in [0.25, 0.3) is 0 Å². The van der Waals surface area contributed by atoms with Crippen LogP contribution in [-0.4, -0.2) is 24.5 Å². The maximum atomic E-state index is 5.31. The molecule has 1 saturated carbocycles. The normalized spacial score (nSPS) is 16.6. The molecule has 7 rings (SSSR count). The molecule has 48 heavy (non-hydrogen) atoms. The fourth-order valence-corrected chi connectivity index (χ4v) is 11.4. The smallest absolute Gasteiger partial charge is 0.0723 e. The lowest BCUT2D eigenvalue weighted by Gasteiger charge is -2.26. The summed E-state index contributed by atoms with van der Waals surface area (Å²) in [7, 11) is -1.42. The van der Waals surface area contributed by atoms with E-state index < -0.39 is 15.8 Å². The molecule has 1 fully saturated rings. The number of hydrogen-bond donors (Lipinski definition) is 0. The maximum Gasteiger partial charge on any atom is 0.0723 e. The van der Waals surface area contributed by atoms with E-state index >= 15 is 0 Å². The summed E-state index contributed by atoms with van der Waals surface area (Å²) < 4.78 is 0. The molecular weight excluding hydrogens is 618 g/mol. The summed E-state index contributed by atoms with van der Waals surface area (Å²) in [5.74, 6) is 0. The van der Waals surface area contributed by atoms with Gasteiger partial charge in [-0.2, -0.15) is 0 Å². The number of benzene rings is 6. The molecule has 0 saturated heterocycles. The molecule has 1 aliphatic rings. The average molecular weight is 659 g/mol. The van der Waals surface area contributed by atoms with Crippen LogP contribution >= 0.6 is 15.8 Å². The number of rotatable bonds is 10. The minimum absolute atomic E-state index is 0.166. The number of hydrogen-bond acceptors (Lipinski definition) is 2. The first-order chi connectivity index (χ1) is 23.8. The third kappa shape index (κ3) is 7.63. The Kier molecular flexibility index (Phi) is 10.7. The molecule has 0 amide bonds. The predicted molar refractivity (Wildman–Crippen MR) is 212 cm³/mol. The van der Waals surface area contributed by atoms with Gasteiger partial charge in [-0.3, -0.25) is 9.98 Å². The molecule has 6 aromatic rings. The summed E-state index contributed by atoms with van der Waals surface area (Å²) in [4.78, 5) is 10.6.